The van der Waals surface area contributed by atoms with Gasteiger partial charge in [0.2, 0.25) is 17.7 Å². The summed E-state index contributed by atoms with van der Waals surface area (Å²) in [5, 5.41) is 2.79. The summed E-state index contributed by atoms with van der Waals surface area (Å²) in [5.74, 6) is -0.554. The maximum absolute atomic E-state index is 13.8. The first kappa shape index (κ1) is 26.8. The van der Waals surface area contributed by atoms with Gasteiger partial charge in [0, 0.05) is 45.0 Å². The van der Waals surface area contributed by atoms with E-state index in [2.05, 4.69) is 10.3 Å². The van der Waals surface area contributed by atoms with Crippen LogP contribution in [0.1, 0.15) is 31.5 Å². The molecule has 0 radical (unpaired) electrons. The lowest BCUT2D eigenvalue weighted by Gasteiger charge is -2.43. The molecule has 2 aliphatic rings. The highest BCUT2D eigenvalue weighted by Crippen LogP contribution is 2.45. The van der Waals surface area contributed by atoms with Crippen molar-refractivity contribution in [2.45, 2.75) is 44.9 Å². The van der Waals surface area contributed by atoms with Crippen LogP contribution >= 0.6 is 0 Å². The smallest absolute Gasteiger partial charge is 0.247 e. The zero-order valence-corrected chi connectivity index (χ0v) is 21.9. The van der Waals surface area contributed by atoms with Crippen molar-refractivity contribution in [1.82, 2.24) is 20.1 Å². The van der Waals surface area contributed by atoms with Gasteiger partial charge in [0.25, 0.3) is 0 Å². The molecular weight excluding hydrogens is 470 g/mol. The Morgan fingerprint density at radius 3 is 2.62 bits per heavy atom. The minimum Gasteiger partial charge on any atom is -0.374 e. The molecule has 0 aliphatic carbocycles. The Morgan fingerprint density at radius 1 is 1.22 bits per heavy atom. The van der Waals surface area contributed by atoms with Gasteiger partial charge in [-0.25, -0.2) is 0 Å². The molecule has 37 heavy (non-hydrogen) atoms. The second-order valence-electron chi connectivity index (χ2n) is 10.8. The monoisotopic (exact) mass is 507 g/mol. The van der Waals surface area contributed by atoms with Gasteiger partial charge >= 0.3 is 0 Å². The number of benzene rings is 1. The lowest BCUT2D eigenvalue weighted by Crippen LogP contribution is -2.61. The van der Waals surface area contributed by atoms with Crippen LogP contribution in [-0.4, -0.2) is 77.4 Å². The molecule has 1 aromatic carbocycles. The van der Waals surface area contributed by atoms with Gasteiger partial charge in [-0.3, -0.25) is 19.4 Å². The second-order valence-corrected chi connectivity index (χ2v) is 10.8. The summed E-state index contributed by atoms with van der Waals surface area (Å²) in [5.41, 5.74) is 5.89. The Hall–Kier alpha value is -3.30. The predicted octanol–water partition coefficient (Wildman–Crippen LogP) is 1.37. The molecular formula is C28H37N5O4. The van der Waals surface area contributed by atoms with Gasteiger partial charge in [-0.1, -0.05) is 36.4 Å². The van der Waals surface area contributed by atoms with Gasteiger partial charge in [0.05, 0.1) is 24.2 Å². The van der Waals surface area contributed by atoms with Gasteiger partial charge in [-0.15, -0.1) is 0 Å². The zero-order valence-electron chi connectivity index (χ0n) is 21.9. The van der Waals surface area contributed by atoms with Gasteiger partial charge in [0.1, 0.15) is 6.04 Å². The van der Waals surface area contributed by atoms with Crippen molar-refractivity contribution in [3.63, 3.8) is 0 Å². The molecule has 2 fully saturated rings. The number of hydrogen-bond donors (Lipinski definition) is 2. The summed E-state index contributed by atoms with van der Waals surface area (Å²) in [6.07, 6.45) is 2.88. The Labute approximate surface area is 218 Å². The Morgan fingerprint density at radius 2 is 1.95 bits per heavy atom. The number of carbonyl (C=O) groups excluding carboxylic acids is 3. The summed E-state index contributed by atoms with van der Waals surface area (Å²) in [6, 6.07) is 14.4. The average molecular weight is 508 g/mol. The number of fused-ring (bicyclic) bond motifs is 1. The fourth-order valence-electron chi connectivity index (χ4n) is 5.34. The molecule has 9 heteroatoms. The summed E-state index contributed by atoms with van der Waals surface area (Å²) in [6.45, 7) is 4.93. The lowest BCUT2D eigenvalue weighted by molar-refractivity contribution is -0.147. The fourth-order valence-corrected chi connectivity index (χ4v) is 5.34. The zero-order chi connectivity index (χ0) is 26.6. The van der Waals surface area contributed by atoms with Crippen LogP contribution in [0.3, 0.4) is 0 Å². The van der Waals surface area contributed by atoms with E-state index >= 15 is 0 Å². The number of ether oxygens (including phenoxy) is 1. The van der Waals surface area contributed by atoms with Gasteiger partial charge in [-0.05, 0) is 43.9 Å². The van der Waals surface area contributed by atoms with Crippen molar-refractivity contribution < 1.29 is 19.1 Å². The number of aromatic nitrogens is 1. The molecule has 0 spiro atoms. The average Bonchev–Trinajstić information content (AvgIpc) is 3.12. The van der Waals surface area contributed by atoms with Crippen LogP contribution in [0.15, 0.2) is 54.7 Å². The van der Waals surface area contributed by atoms with Crippen LogP contribution in [0, 0.1) is 11.3 Å². The number of nitrogens with one attached hydrogen (secondary N) is 1. The van der Waals surface area contributed by atoms with E-state index in [0.29, 0.717) is 32.5 Å². The van der Waals surface area contributed by atoms with Crippen molar-refractivity contribution in [2.24, 2.45) is 17.1 Å². The maximum atomic E-state index is 13.8. The number of amides is 3. The van der Waals surface area contributed by atoms with Crippen molar-refractivity contribution >= 4 is 17.7 Å². The highest BCUT2D eigenvalue weighted by molar-refractivity contribution is 5.92. The normalized spacial score (nSPS) is 22.5. The first-order valence-electron chi connectivity index (χ1n) is 12.8. The van der Waals surface area contributed by atoms with E-state index < -0.39 is 22.9 Å². The van der Waals surface area contributed by atoms with E-state index in [-0.39, 0.29) is 30.9 Å². The Bertz CT molecular complexity index is 1100. The number of likely N-dealkylation sites (tertiary alicyclic amines) is 2. The van der Waals surface area contributed by atoms with Crippen LogP contribution in [0.4, 0.5) is 0 Å². The third kappa shape index (κ3) is 5.99. The number of nitrogens with zero attached hydrogens (tertiary/aromatic N) is 3. The topological polar surface area (TPSA) is 118 Å². The SMILES string of the molecule is CN1CC2CCN(C(=O)C(COCc3ccccc3)NC(=O)C(C)(C)N)CC2(Cc2ccccn2)C1=O. The van der Waals surface area contributed by atoms with E-state index in [9.17, 15) is 14.4 Å². The van der Waals surface area contributed by atoms with Crippen molar-refractivity contribution in [3.8, 4) is 0 Å². The van der Waals surface area contributed by atoms with E-state index in [4.69, 9.17) is 10.5 Å². The standard InChI is InChI=1S/C28H37N5O4/c1-27(2,29)25(35)31-23(18-37-17-20-9-5-4-6-10-20)24(34)33-14-12-21-16-32(3)26(36)28(21,19-33)15-22-11-7-8-13-30-22/h4-11,13,21,23H,12,14-19,29H2,1-3H3,(H,31,35). The molecule has 0 bridgehead atoms. The van der Waals surface area contributed by atoms with E-state index in [1.807, 2.05) is 55.6 Å². The van der Waals surface area contributed by atoms with Crippen molar-refractivity contribution in [3.05, 3.63) is 66.0 Å². The van der Waals surface area contributed by atoms with Gasteiger partial charge in [0.15, 0.2) is 0 Å². The van der Waals surface area contributed by atoms with Crippen LogP contribution < -0.4 is 11.1 Å². The molecule has 3 atom stereocenters. The number of pyridine rings is 1. The van der Waals surface area contributed by atoms with Crippen molar-refractivity contribution in [1.29, 1.82) is 0 Å². The van der Waals surface area contributed by atoms with E-state index in [0.717, 1.165) is 11.3 Å². The number of carbonyl (C=O) groups is 3. The van der Waals surface area contributed by atoms with Gasteiger partial charge in [-0.2, -0.15) is 0 Å². The molecule has 9 nitrogen and oxygen atoms in total. The molecule has 3 N–H and O–H groups in total. The fraction of sp³-hybridized carbons (Fsp3) is 0.500. The predicted molar refractivity (Wildman–Crippen MR) is 139 cm³/mol. The largest absolute Gasteiger partial charge is 0.374 e. The minimum absolute atomic E-state index is 0.00341. The molecule has 0 saturated carbocycles. The molecule has 2 aliphatic heterocycles. The summed E-state index contributed by atoms with van der Waals surface area (Å²) >= 11 is 0. The Kier molecular flexibility index (Phi) is 7.94. The van der Waals surface area contributed by atoms with E-state index in [1.54, 1.807) is 29.8 Å². The molecule has 198 valence electrons. The molecule has 3 heterocycles. The number of rotatable bonds is 9. The number of piperidine rings is 1. The van der Waals surface area contributed by atoms with Crippen LogP contribution in [0.25, 0.3) is 0 Å². The van der Waals surface area contributed by atoms with Crippen LogP contribution in [0.2, 0.25) is 0 Å². The maximum Gasteiger partial charge on any atom is 0.247 e. The summed E-state index contributed by atoms with van der Waals surface area (Å²) in [4.78, 5) is 48.0. The summed E-state index contributed by atoms with van der Waals surface area (Å²) < 4.78 is 5.86. The highest BCUT2D eigenvalue weighted by Gasteiger charge is 2.56. The third-order valence-electron chi connectivity index (χ3n) is 7.39. The molecule has 3 amide bonds. The lowest BCUT2D eigenvalue weighted by atomic mass is 9.69. The van der Waals surface area contributed by atoms with Crippen LogP contribution in [0.5, 0.6) is 0 Å². The third-order valence-corrected chi connectivity index (χ3v) is 7.39. The van der Waals surface area contributed by atoms with Crippen molar-refractivity contribution in [2.75, 3.05) is 33.3 Å². The first-order chi connectivity index (χ1) is 17.6. The van der Waals surface area contributed by atoms with E-state index in [1.165, 1.54) is 0 Å². The highest BCUT2D eigenvalue weighted by atomic mass is 16.5. The quantitative estimate of drug-likeness (QED) is 0.529. The number of nitrogens with two attached hydrogens (primary N) is 1. The molecule has 2 aromatic rings. The molecule has 4 rings (SSSR count). The number of hydrogen-bond acceptors (Lipinski definition) is 6. The van der Waals surface area contributed by atoms with Crippen LogP contribution in [-0.2, 0) is 32.1 Å². The molecule has 3 unspecified atom stereocenters. The summed E-state index contributed by atoms with van der Waals surface area (Å²) in [7, 11) is 1.82. The molecule has 1 aromatic heterocycles. The molecule has 2 saturated heterocycles. The second kappa shape index (κ2) is 11.0. The first-order valence-corrected chi connectivity index (χ1v) is 12.8. The Balaban J connectivity index is 1.53. The van der Waals surface area contributed by atoms with Gasteiger partial charge < -0.3 is 25.6 Å². The minimum atomic E-state index is -1.16.